The van der Waals surface area contributed by atoms with E-state index in [1.54, 1.807) is 20.4 Å². The van der Waals surface area contributed by atoms with E-state index in [0.29, 0.717) is 22.6 Å². The molecule has 1 heterocycles. The summed E-state index contributed by atoms with van der Waals surface area (Å²) in [5.41, 5.74) is 6.06. The number of hydrazone groups is 1. The highest BCUT2D eigenvalue weighted by Crippen LogP contribution is 2.27. The third-order valence-corrected chi connectivity index (χ3v) is 4.91. The topological polar surface area (TPSA) is 99.6 Å². The van der Waals surface area contributed by atoms with Crippen LogP contribution in [0.5, 0.6) is 11.5 Å². The van der Waals surface area contributed by atoms with Gasteiger partial charge in [0.05, 0.1) is 20.4 Å². The Hall–Kier alpha value is -3.20. The number of nitrogens with one attached hydrogen (secondary N) is 1. The SMILES string of the molecule is COc1ccc(/C=N/Nc2nnc(SCc3cccc(C)c3)n2N)cc1OC. The average molecular weight is 398 g/mol. The van der Waals surface area contributed by atoms with E-state index < -0.39 is 0 Å². The molecule has 3 aromatic rings. The fraction of sp³-hybridized carbons (Fsp3) is 0.211. The van der Waals surface area contributed by atoms with E-state index in [1.165, 1.54) is 27.6 Å². The van der Waals surface area contributed by atoms with E-state index in [-0.39, 0.29) is 0 Å². The molecular formula is C19H22N6O2S. The molecule has 0 aliphatic carbocycles. The molecule has 28 heavy (non-hydrogen) atoms. The maximum atomic E-state index is 6.06. The molecular weight excluding hydrogens is 376 g/mol. The molecule has 0 saturated heterocycles. The van der Waals surface area contributed by atoms with Gasteiger partial charge in [0.15, 0.2) is 11.5 Å². The normalized spacial score (nSPS) is 11.0. The summed E-state index contributed by atoms with van der Waals surface area (Å²) in [6.45, 7) is 2.07. The molecule has 3 N–H and O–H groups in total. The Morgan fingerprint density at radius 3 is 2.71 bits per heavy atom. The van der Waals surface area contributed by atoms with Crippen molar-refractivity contribution in [1.82, 2.24) is 14.9 Å². The summed E-state index contributed by atoms with van der Waals surface area (Å²) in [4.78, 5) is 0. The number of anilines is 1. The van der Waals surface area contributed by atoms with Crippen LogP contribution < -0.4 is 20.7 Å². The second-order valence-electron chi connectivity index (χ2n) is 5.94. The van der Waals surface area contributed by atoms with Gasteiger partial charge in [0.1, 0.15) is 0 Å². The molecule has 0 atom stereocenters. The van der Waals surface area contributed by atoms with E-state index in [9.17, 15) is 0 Å². The van der Waals surface area contributed by atoms with E-state index in [0.717, 1.165) is 11.3 Å². The maximum absolute atomic E-state index is 6.06. The number of hydrogen-bond acceptors (Lipinski definition) is 8. The van der Waals surface area contributed by atoms with Gasteiger partial charge in [0.25, 0.3) is 5.95 Å². The Bertz CT molecular complexity index is 973. The third-order valence-electron chi connectivity index (χ3n) is 3.90. The largest absolute Gasteiger partial charge is 0.493 e. The van der Waals surface area contributed by atoms with Crippen molar-refractivity contribution < 1.29 is 9.47 Å². The zero-order valence-electron chi connectivity index (χ0n) is 15.9. The molecule has 9 heteroatoms. The van der Waals surface area contributed by atoms with Gasteiger partial charge in [0.2, 0.25) is 5.16 Å². The number of aryl methyl sites for hydroxylation is 1. The monoisotopic (exact) mass is 398 g/mol. The number of ether oxygens (including phenoxy) is 2. The summed E-state index contributed by atoms with van der Waals surface area (Å²) < 4.78 is 11.9. The number of thioether (sulfide) groups is 1. The lowest BCUT2D eigenvalue weighted by Gasteiger charge is -2.07. The Morgan fingerprint density at radius 1 is 1.14 bits per heavy atom. The van der Waals surface area contributed by atoms with Crippen molar-refractivity contribution in [2.75, 3.05) is 25.5 Å². The van der Waals surface area contributed by atoms with Crippen LogP contribution in [0.15, 0.2) is 52.7 Å². The zero-order valence-corrected chi connectivity index (χ0v) is 16.7. The summed E-state index contributed by atoms with van der Waals surface area (Å²) in [5.74, 6) is 8.45. The maximum Gasteiger partial charge on any atom is 0.264 e. The minimum atomic E-state index is 0.350. The highest BCUT2D eigenvalue weighted by molar-refractivity contribution is 7.98. The molecule has 0 spiro atoms. The number of nitrogens with zero attached hydrogens (tertiary/aromatic N) is 4. The first kappa shape index (κ1) is 19.6. The van der Waals surface area contributed by atoms with E-state index in [1.807, 2.05) is 24.3 Å². The summed E-state index contributed by atoms with van der Waals surface area (Å²) in [5, 5.41) is 12.9. The van der Waals surface area contributed by atoms with Crippen molar-refractivity contribution in [3.8, 4) is 11.5 Å². The van der Waals surface area contributed by atoms with Gasteiger partial charge in [0, 0.05) is 5.75 Å². The number of hydrogen-bond donors (Lipinski definition) is 2. The third kappa shape index (κ3) is 4.74. The van der Waals surface area contributed by atoms with Gasteiger partial charge in [-0.1, -0.05) is 41.6 Å². The molecule has 0 radical (unpaired) electrons. The van der Waals surface area contributed by atoms with Crippen LogP contribution in [0.4, 0.5) is 5.95 Å². The molecule has 0 unspecified atom stereocenters. The fourth-order valence-electron chi connectivity index (χ4n) is 2.50. The van der Waals surface area contributed by atoms with Crippen LogP contribution in [0.3, 0.4) is 0 Å². The highest BCUT2D eigenvalue weighted by Gasteiger charge is 2.10. The molecule has 0 saturated carbocycles. The second-order valence-corrected chi connectivity index (χ2v) is 6.88. The number of benzene rings is 2. The van der Waals surface area contributed by atoms with Crippen LogP contribution in [0, 0.1) is 6.92 Å². The van der Waals surface area contributed by atoms with Crippen LogP contribution in [-0.4, -0.2) is 35.3 Å². The number of rotatable bonds is 8. The van der Waals surface area contributed by atoms with E-state index in [4.69, 9.17) is 15.3 Å². The molecule has 1 aromatic heterocycles. The van der Waals surface area contributed by atoms with Crippen LogP contribution in [0.25, 0.3) is 0 Å². The molecule has 0 aliphatic heterocycles. The van der Waals surface area contributed by atoms with Gasteiger partial charge in [-0.2, -0.15) is 5.10 Å². The predicted octanol–water partition coefficient (Wildman–Crippen LogP) is 3.06. The average Bonchev–Trinajstić information content (AvgIpc) is 3.06. The first-order valence-electron chi connectivity index (χ1n) is 8.50. The number of methoxy groups -OCH3 is 2. The van der Waals surface area contributed by atoms with Gasteiger partial charge >= 0.3 is 0 Å². The molecule has 3 rings (SSSR count). The minimum absolute atomic E-state index is 0.350. The highest BCUT2D eigenvalue weighted by atomic mass is 32.2. The van der Waals surface area contributed by atoms with Crippen molar-refractivity contribution in [3.63, 3.8) is 0 Å². The lowest BCUT2D eigenvalue weighted by atomic mass is 10.2. The number of nitrogen functional groups attached to an aromatic ring is 1. The predicted molar refractivity (Wildman–Crippen MR) is 112 cm³/mol. The van der Waals surface area contributed by atoms with Gasteiger partial charge in [-0.3, -0.25) is 0 Å². The van der Waals surface area contributed by atoms with Crippen LogP contribution in [-0.2, 0) is 5.75 Å². The summed E-state index contributed by atoms with van der Waals surface area (Å²) in [7, 11) is 3.18. The zero-order chi connectivity index (χ0) is 19.9. The van der Waals surface area contributed by atoms with E-state index >= 15 is 0 Å². The van der Waals surface area contributed by atoms with Crippen molar-refractivity contribution >= 4 is 23.9 Å². The quantitative estimate of drug-likeness (QED) is 0.260. The molecule has 146 valence electrons. The van der Waals surface area contributed by atoms with Crippen LogP contribution in [0.1, 0.15) is 16.7 Å². The lowest BCUT2D eigenvalue weighted by molar-refractivity contribution is 0.355. The van der Waals surface area contributed by atoms with Gasteiger partial charge in [-0.05, 0) is 36.2 Å². The van der Waals surface area contributed by atoms with Gasteiger partial charge < -0.3 is 15.3 Å². The van der Waals surface area contributed by atoms with Crippen LogP contribution in [0.2, 0.25) is 0 Å². The summed E-state index contributed by atoms with van der Waals surface area (Å²) in [6, 6.07) is 13.8. The Balaban J connectivity index is 1.62. The standard InChI is InChI=1S/C19H22N6O2S/c1-13-5-4-6-15(9-13)12-28-19-24-23-18(25(19)20)22-21-11-14-7-8-16(26-2)17(10-14)27-3/h4-11H,12,20H2,1-3H3,(H,22,23)/b21-11+. The molecule has 0 aliphatic rings. The Morgan fingerprint density at radius 2 is 1.96 bits per heavy atom. The molecule has 2 aromatic carbocycles. The van der Waals surface area contributed by atoms with Gasteiger partial charge in [-0.15, -0.1) is 10.2 Å². The first-order chi connectivity index (χ1) is 13.6. The Labute approximate surface area is 167 Å². The smallest absolute Gasteiger partial charge is 0.264 e. The minimum Gasteiger partial charge on any atom is -0.493 e. The fourth-order valence-corrected chi connectivity index (χ4v) is 3.30. The van der Waals surface area contributed by atoms with Crippen molar-refractivity contribution in [2.24, 2.45) is 5.10 Å². The summed E-state index contributed by atoms with van der Waals surface area (Å²) >= 11 is 1.51. The Kier molecular flexibility index (Phi) is 6.38. The van der Waals surface area contributed by atoms with E-state index in [2.05, 4.69) is 45.8 Å². The first-order valence-corrected chi connectivity index (χ1v) is 9.49. The second kappa shape index (κ2) is 9.14. The van der Waals surface area contributed by atoms with Crippen molar-refractivity contribution in [3.05, 3.63) is 59.2 Å². The van der Waals surface area contributed by atoms with Gasteiger partial charge in [-0.25, -0.2) is 10.1 Å². The van der Waals surface area contributed by atoms with Crippen molar-refractivity contribution in [2.45, 2.75) is 17.8 Å². The number of aromatic nitrogens is 3. The lowest BCUT2D eigenvalue weighted by Crippen LogP contribution is -2.13. The molecule has 0 fully saturated rings. The summed E-state index contributed by atoms with van der Waals surface area (Å²) in [6.07, 6.45) is 1.64. The molecule has 0 amide bonds. The molecule has 8 nitrogen and oxygen atoms in total. The van der Waals surface area contributed by atoms with Crippen molar-refractivity contribution in [1.29, 1.82) is 0 Å². The van der Waals surface area contributed by atoms with Crippen LogP contribution >= 0.6 is 11.8 Å². The number of nitrogens with two attached hydrogens (primary N) is 1. The molecule has 0 bridgehead atoms.